The molecule has 0 aliphatic rings. The molecule has 1 atom stereocenters. The lowest BCUT2D eigenvalue weighted by molar-refractivity contribution is -0.146. The molecule has 0 aliphatic carbocycles. The van der Waals surface area contributed by atoms with Gasteiger partial charge in [-0.15, -0.1) is 0 Å². The molecule has 0 aliphatic heterocycles. The van der Waals surface area contributed by atoms with Crippen LogP contribution in [-0.4, -0.2) is 28.6 Å². The van der Waals surface area contributed by atoms with Crippen LogP contribution in [-0.2, 0) is 4.79 Å². The van der Waals surface area contributed by atoms with Gasteiger partial charge in [0.25, 0.3) is 0 Å². The van der Waals surface area contributed by atoms with Crippen LogP contribution in [0.5, 0.6) is 11.5 Å². The molecule has 0 saturated heterocycles. The SMILES string of the molecule is CC(C)(C)[C@@H](COc1ccc(C(=N)N)c(O)c1)C(=O)O. The van der Waals surface area contributed by atoms with Gasteiger partial charge in [-0.25, -0.2) is 0 Å². The first kappa shape index (κ1) is 15.8. The molecular weight excluding hydrogens is 260 g/mol. The predicted octanol–water partition coefficient (Wildman–Crippen LogP) is 1.80. The molecule has 1 aromatic rings. The Morgan fingerprint density at radius 3 is 2.45 bits per heavy atom. The molecule has 1 rings (SSSR count). The van der Waals surface area contributed by atoms with E-state index in [1.807, 2.05) is 20.8 Å². The molecule has 1 aromatic carbocycles. The van der Waals surface area contributed by atoms with Gasteiger partial charge in [-0.2, -0.15) is 0 Å². The summed E-state index contributed by atoms with van der Waals surface area (Å²) in [4.78, 5) is 11.2. The zero-order valence-corrected chi connectivity index (χ0v) is 11.8. The number of carbonyl (C=O) groups is 1. The van der Waals surface area contributed by atoms with Crippen molar-refractivity contribution in [3.8, 4) is 11.5 Å². The fourth-order valence-electron chi connectivity index (χ4n) is 1.70. The van der Waals surface area contributed by atoms with E-state index in [2.05, 4.69) is 0 Å². The molecule has 5 N–H and O–H groups in total. The summed E-state index contributed by atoms with van der Waals surface area (Å²) in [6.45, 7) is 5.47. The van der Waals surface area contributed by atoms with Crippen LogP contribution >= 0.6 is 0 Å². The Morgan fingerprint density at radius 2 is 2.05 bits per heavy atom. The lowest BCUT2D eigenvalue weighted by Crippen LogP contribution is -2.33. The highest BCUT2D eigenvalue weighted by atomic mass is 16.5. The number of hydrogen-bond donors (Lipinski definition) is 4. The molecule has 6 heteroatoms. The molecule has 0 spiro atoms. The number of hydrogen-bond acceptors (Lipinski definition) is 4. The molecule has 0 aromatic heterocycles. The first-order chi connectivity index (χ1) is 9.12. The van der Waals surface area contributed by atoms with E-state index in [0.29, 0.717) is 5.75 Å². The van der Waals surface area contributed by atoms with E-state index < -0.39 is 17.3 Å². The minimum atomic E-state index is -0.929. The summed E-state index contributed by atoms with van der Waals surface area (Å²) in [5.41, 5.74) is 5.06. The van der Waals surface area contributed by atoms with Crippen molar-refractivity contribution in [1.82, 2.24) is 0 Å². The number of nitrogens with one attached hydrogen (secondary N) is 1. The second kappa shape index (κ2) is 5.81. The predicted molar refractivity (Wildman–Crippen MR) is 75.2 cm³/mol. The van der Waals surface area contributed by atoms with Gasteiger partial charge < -0.3 is 20.7 Å². The third-order valence-corrected chi connectivity index (χ3v) is 3.02. The van der Waals surface area contributed by atoms with Crippen molar-refractivity contribution < 1.29 is 19.7 Å². The maximum Gasteiger partial charge on any atom is 0.310 e. The first-order valence-electron chi connectivity index (χ1n) is 6.16. The monoisotopic (exact) mass is 280 g/mol. The highest BCUT2D eigenvalue weighted by Crippen LogP contribution is 2.28. The first-order valence-corrected chi connectivity index (χ1v) is 6.16. The zero-order valence-electron chi connectivity index (χ0n) is 11.8. The number of carboxylic acids is 1. The van der Waals surface area contributed by atoms with E-state index in [1.165, 1.54) is 18.2 Å². The lowest BCUT2D eigenvalue weighted by Gasteiger charge is -2.26. The average molecular weight is 280 g/mol. The third kappa shape index (κ3) is 3.88. The number of ether oxygens (including phenoxy) is 1. The van der Waals surface area contributed by atoms with Crippen molar-refractivity contribution in [3.63, 3.8) is 0 Å². The normalized spacial score (nSPS) is 12.8. The second-order valence-electron chi connectivity index (χ2n) is 5.66. The number of benzene rings is 1. The largest absolute Gasteiger partial charge is 0.507 e. The smallest absolute Gasteiger partial charge is 0.310 e. The molecule has 0 amide bonds. The molecule has 0 unspecified atom stereocenters. The van der Waals surface area contributed by atoms with Crippen molar-refractivity contribution in [3.05, 3.63) is 23.8 Å². The molecule has 0 bridgehead atoms. The molecule has 0 radical (unpaired) electrons. The number of nitrogens with two attached hydrogens (primary N) is 1. The van der Waals surface area contributed by atoms with Crippen molar-refractivity contribution in [2.75, 3.05) is 6.61 Å². The standard InChI is InChI=1S/C14H20N2O4/c1-14(2,3)10(13(18)19)7-20-8-4-5-9(12(15)16)11(17)6-8/h4-6,10,17H,7H2,1-3H3,(H3,15,16)(H,18,19)/t10-/m0/s1. The second-order valence-corrected chi connectivity index (χ2v) is 5.66. The van der Waals surface area contributed by atoms with E-state index in [9.17, 15) is 15.0 Å². The maximum atomic E-state index is 11.2. The van der Waals surface area contributed by atoms with Crippen molar-refractivity contribution in [2.45, 2.75) is 20.8 Å². The number of nitrogen functional groups attached to an aromatic ring is 1. The Morgan fingerprint density at radius 1 is 1.45 bits per heavy atom. The van der Waals surface area contributed by atoms with Gasteiger partial charge >= 0.3 is 5.97 Å². The zero-order chi connectivity index (χ0) is 15.5. The van der Waals surface area contributed by atoms with Crippen molar-refractivity contribution in [1.29, 1.82) is 5.41 Å². The van der Waals surface area contributed by atoms with Crippen LogP contribution in [0.25, 0.3) is 0 Å². The van der Waals surface area contributed by atoms with Crippen molar-refractivity contribution >= 4 is 11.8 Å². The van der Waals surface area contributed by atoms with Gasteiger partial charge in [0.1, 0.15) is 23.9 Å². The summed E-state index contributed by atoms with van der Waals surface area (Å²) in [5, 5.41) is 26.1. The van der Waals surface area contributed by atoms with Crippen LogP contribution < -0.4 is 10.5 Å². The summed E-state index contributed by atoms with van der Waals surface area (Å²) >= 11 is 0. The Labute approximate surface area is 117 Å². The highest BCUT2D eigenvalue weighted by Gasteiger charge is 2.31. The number of aromatic hydroxyl groups is 1. The Hall–Kier alpha value is -2.24. The van der Waals surface area contributed by atoms with Gasteiger partial charge in [-0.1, -0.05) is 20.8 Å². The van der Waals surface area contributed by atoms with E-state index in [4.69, 9.17) is 15.9 Å². The molecule has 0 heterocycles. The van der Waals surface area contributed by atoms with Crippen LogP contribution in [0.15, 0.2) is 18.2 Å². The fraction of sp³-hybridized carbons (Fsp3) is 0.429. The molecule has 20 heavy (non-hydrogen) atoms. The number of aliphatic carboxylic acids is 1. The molecular formula is C14H20N2O4. The van der Waals surface area contributed by atoms with Gasteiger partial charge in [0.05, 0.1) is 11.5 Å². The van der Waals surface area contributed by atoms with E-state index in [0.717, 1.165) is 0 Å². The number of phenols is 1. The van der Waals surface area contributed by atoms with Gasteiger partial charge in [-0.05, 0) is 17.5 Å². The van der Waals surface area contributed by atoms with Crippen LogP contribution in [0.1, 0.15) is 26.3 Å². The number of rotatable bonds is 5. The highest BCUT2D eigenvalue weighted by molar-refractivity contribution is 5.97. The van der Waals surface area contributed by atoms with Gasteiger partial charge in [0, 0.05) is 6.07 Å². The Bertz CT molecular complexity index is 520. The number of phenolic OH excluding ortho intramolecular Hbond substituents is 1. The number of amidine groups is 1. The van der Waals surface area contributed by atoms with Crippen LogP contribution in [0.3, 0.4) is 0 Å². The molecule has 110 valence electrons. The third-order valence-electron chi connectivity index (χ3n) is 3.02. The van der Waals surface area contributed by atoms with Gasteiger partial charge in [-0.3, -0.25) is 10.2 Å². The quantitative estimate of drug-likeness (QED) is 0.484. The Balaban J connectivity index is 2.82. The summed E-state index contributed by atoms with van der Waals surface area (Å²) in [6, 6.07) is 4.32. The Kier molecular flexibility index (Phi) is 4.60. The minimum Gasteiger partial charge on any atom is -0.507 e. The van der Waals surface area contributed by atoms with E-state index >= 15 is 0 Å². The lowest BCUT2D eigenvalue weighted by atomic mass is 9.81. The van der Waals surface area contributed by atoms with E-state index in [-0.39, 0.29) is 23.8 Å². The molecule has 0 saturated carbocycles. The van der Waals surface area contributed by atoms with E-state index in [1.54, 1.807) is 0 Å². The fourth-order valence-corrected chi connectivity index (χ4v) is 1.70. The summed E-state index contributed by atoms with van der Waals surface area (Å²) in [6.07, 6.45) is 0. The summed E-state index contributed by atoms with van der Waals surface area (Å²) < 4.78 is 5.42. The van der Waals surface area contributed by atoms with Gasteiger partial charge in [0.2, 0.25) is 0 Å². The number of carboxylic acid groups (broad SMARTS) is 1. The maximum absolute atomic E-state index is 11.2. The molecule has 0 fully saturated rings. The average Bonchev–Trinajstić information content (AvgIpc) is 2.26. The molecule has 6 nitrogen and oxygen atoms in total. The van der Waals surface area contributed by atoms with Crippen molar-refractivity contribution in [2.24, 2.45) is 17.1 Å². The van der Waals surface area contributed by atoms with Crippen LogP contribution in [0, 0.1) is 16.7 Å². The summed E-state index contributed by atoms with van der Waals surface area (Å²) in [7, 11) is 0. The topological polar surface area (TPSA) is 117 Å². The minimum absolute atomic E-state index is 0.00229. The summed E-state index contributed by atoms with van der Waals surface area (Å²) in [5.74, 6) is -1.67. The van der Waals surface area contributed by atoms with Crippen LogP contribution in [0.2, 0.25) is 0 Å². The van der Waals surface area contributed by atoms with Gasteiger partial charge in [0.15, 0.2) is 0 Å². The van der Waals surface area contributed by atoms with Crippen LogP contribution in [0.4, 0.5) is 0 Å².